The molecule has 0 rings (SSSR count). The molecule has 9 heavy (non-hydrogen) atoms. The number of Topliss-reactive ketones (excluding diaryl/α,β-unsaturated/α-hetero) is 1. The molecule has 0 amide bonds. The van der Waals surface area contributed by atoms with Crippen molar-refractivity contribution >= 4 is 11.6 Å². The number of hydrogen-bond donors (Lipinski definition) is 2. The van der Waals surface area contributed by atoms with Crippen molar-refractivity contribution in [1.82, 2.24) is 0 Å². The molecule has 3 N–H and O–H groups in total. The molecule has 0 radical (unpaired) electrons. The first kappa shape index (κ1) is 16.0. The first-order valence-electron chi connectivity index (χ1n) is 2.24. The molecule has 0 saturated carbocycles. The molecule has 0 heterocycles. The van der Waals surface area contributed by atoms with Gasteiger partial charge in [-0.25, -0.2) is 0 Å². The zero-order valence-electron chi connectivity index (χ0n) is 5.99. The van der Waals surface area contributed by atoms with Gasteiger partial charge in [0.15, 0.2) is 0 Å². The van der Waals surface area contributed by atoms with Crippen molar-refractivity contribution in [3.8, 4) is 0 Å². The Morgan fingerprint density at radius 2 is 1.33 bits per heavy atom. The summed E-state index contributed by atoms with van der Waals surface area (Å²) in [6.07, 6.45) is 0. The quantitative estimate of drug-likeness (QED) is 0.449. The zero-order chi connectivity index (χ0) is 7.15. The van der Waals surface area contributed by atoms with Crippen LogP contribution in [0.2, 0.25) is 0 Å². The van der Waals surface area contributed by atoms with E-state index >= 15 is 0 Å². The van der Waals surface area contributed by atoms with Crippen LogP contribution < -0.4 is 5.73 Å². The molecule has 0 spiro atoms. The molecule has 0 aliphatic heterocycles. The van der Waals surface area contributed by atoms with Gasteiger partial charge in [-0.3, -0.25) is 5.41 Å². The van der Waals surface area contributed by atoms with Gasteiger partial charge in [-0.15, -0.1) is 0 Å². The van der Waals surface area contributed by atoms with E-state index < -0.39 is 0 Å². The van der Waals surface area contributed by atoms with Gasteiger partial charge in [-0.1, -0.05) is 0 Å². The maximum absolute atomic E-state index is 9.44. The van der Waals surface area contributed by atoms with E-state index in [4.69, 9.17) is 11.1 Å². The monoisotopic (exact) mass is 206 g/mol. The van der Waals surface area contributed by atoms with Gasteiger partial charge in [0.1, 0.15) is 5.78 Å². The van der Waals surface area contributed by atoms with Crippen molar-refractivity contribution in [2.45, 2.75) is 20.8 Å². The maximum Gasteiger partial charge on any atom is 0.126 e. The molecule has 52 valence electrons. The number of carbonyl (C=O) groups is 1. The molecule has 0 atom stereocenters. The standard InChI is InChI=1S/C3H6O.C2H6N2.Zr/c1-3(2)4;1-2(3)4;/h1-2H3;1H3,(H3,3,4);. The SMILES string of the molecule is CC(=N)N.CC(C)=O.[Zr]. The molecule has 0 bridgehead atoms. The third-order valence-electron chi connectivity index (χ3n) is 0. The molecule has 0 aliphatic carbocycles. The van der Waals surface area contributed by atoms with Crippen LogP contribution in [0.4, 0.5) is 0 Å². The summed E-state index contributed by atoms with van der Waals surface area (Å²) in [4.78, 5) is 9.44. The molecular formula is C5H12N2OZr. The summed E-state index contributed by atoms with van der Waals surface area (Å²) in [6, 6.07) is 0. The van der Waals surface area contributed by atoms with Gasteiger partial charge in [-0.05, 0) is 20.8 Å². The molecule has 0 aromatic heterocycles. The van der Waals surface area contributed by atoms with Crippen LogP contribution in [0.5, 0.6) is 0 Å². The predicted octanol–water partition coefficient (Wildman–Crippen LogP) is 0.535. The van der Waals surface area contributed by atoms with Crippen molar-refractivity contribution in [3.63, 3.8) is 0 Å². The number of carbonyl (C=O) groups excluding carboxylic acids is 1. The Morgan fingerprint density at radius 1 is 1.33 bits per heavy atom. The minimum Gasteiger partial charge on any atom is -0.388 e. The Labute approximate surface area is 74.6 Å². The minimum absolute atomic E-state index is 0. The predicted molar refractivity (Wildman–Crippen MR) is 33.9 cm³/mol. The number of nitrogens with one attached hydrogen (secondary N) is 1. The van der Waals surface area contributed by atoms with Crippen LogP contribution in [0.3, 0.4) is 0 Å². The fourth-order valence-corrected chi connectivity index (χ4v) is 0. The number of ketones is 1. The average molecular weight is 207 g/mol. The summed E-state index contributed by atoms with van der Waals surface area (Å²) in [5.41, 5.74) is 4.69. The summed E-state index contributed by atoms with van der Waals surface area (Å²) >= 11 is 0. The second-order valence-corrected chi connectivity index (χ2v) is 1.59. The van der Waals surface area contributed by atoms with E-state index in [1.54, 1.807) is 0 Å². The Kier molecular flexibility index (Phi) is 19.4. The fourth-order valence-electron chi connectivity index (χ4n) is 0. The van der Waals surface area contributed by atoms with Gasteiger partial charge in [0, 0.05) is 26.2 Å². The third kappa shape index (κ3) is 545000. The number of hydrogen-bond acceptors (Lipinski definition) is 2. The van der Waals surface area contributed by atoms with Crippen LogP contribution in [0.25, 0.3) is 0 Å². The number of nitrogens with two attached hydrogens (primary N) is 1. The number of rotatable bonds is 0. The largest absolute Gasteiger partial charge is 0.388 e. The smallest absolute Gasteiger partial charge is 0.126 e. The normalized spacial score (nSPS) is 5.67. The molecule has 0 fully saturated rings. The van der Waals surface area contributed by atoms with Crippen LogP contribution in [-0.2, 0) is 31.0 Å². The van der Waals surface area contributed by atoms with Crippen molar-refractivity contribution in [2.75, 3.05) is 0 Å². The summed E-state index contributed by atoms with van der Waals surface area (Å²) in [5.74, 6) is 0.333. The maximum atomic E-state index is 9.44. The van der Waals surface area contributed by atoms with Gasteiger partial charge in [-0.2, -0.15) is 0 Å². The second kappa shape index (κ2) is 10.9. The molecule has 0 saturated heterocycles. The van der Waals surface area contributed by atoms with E-state index in [0.29, 0.717) is 0 Å². The molecule has 0 aromatic rings. The van der Waals surface area contributed by atoms with Crippen LogP contribution in [-0.4, -0.2) is 11.6 Å². The summed E-state index contributed by atoms with van der Waals surface area (Å²) in [7, 11) is 0. The molecule has 0 aromatic carbocycles. The Bertz CT molecular complexity index is 73.0. The van der Waals surface area contributed by atoms with Crippen molar-refractivity contribution < 1.29 is 31.0 Å². The van der Waals surface area contributed by atoms with Crippen molar-refractivity contribution in [3.05, 3.63) is 0 Å². The molecular weight excluding hydrogens is 195 g/mol. The van der Waals surface area contributed by atoms with Crippen molar-refractivity contribution in [1.29, 1.82) is 5.41 Å². The molecule has 0 aliphatic rings. The van der Waals surface area contributed by atoms with Crippen LogP contribution >= 0.6 is 0 Å². The summed E-state index contributed by atoms with van der Waals surface area (Å²) in [6.45, 7) is 4.58. The zero-order valence-corrected chi connectivity index (χ0v) is 8.44. The minimum atomic E-state index is 0. The first-order valence-corrected chi connectivity index (χ1v) is 2.24. The van der Waals surface area contributed by atoms with Gasteiger partial charge >= 0.3 is 0 Å². The third-order valence-corrected chi connectivity index (χ3v) is 0. The Balaban J connectivity index is -0.0000000720. The molecule has 4 heteroatoms. The van der Waals surface area contributed by atoms with Gasteiger partial charge in [0.2, 0.25) is 0 Å². The van der Waals surface area contributed by atoms with E-state index in [1.807, 2.05) is 0 Å². The summed E-state index contributed by atoms with van der Waals surface area (Å²) in [5, 5.41) is 6.28. The molecule has 3 nitrogen and oxygen atoms in total. The van der Waals surface area contributed by atoms with Crippen LogP contribution in [0, 0.1) is 5.41 Å². The van der Waals surface area contributed by atoms with Gasteiger partial charge in [0.25, 0.3) is 0 Å². The van der Waals surface area contributed by atoms with E-state index in [0.717, 1.165) is 0 Å². The van der Waals surface area contributed by atoms with Crippen LogP contribution in [0.1, 0.15) is 20.8 Å². The topological polar surface area (TPSA) is 66.9 Å². The Hall–Kier alpha value is 0.0231. The van der Waals surface area contributed by atoms with E-state index in [2.05, 4.69) is 0 Å². The summed E-state index contributed by atoms with van der Waals surface area (Å²) < 4.78 is 0. The fraction of sp³-hybridized carbons (Fsp3) is 0.600. The van der Waals surface area contributed by atoms with E-state index in [1.165, 1.54) is 20.8 Å². The van der Waals surface area contributed by atoms with Gasteiger partial charge < -0.3 is 10.5 Å². The number of amidine groups is 1. The Morgan fingerprint density at radius 3 is 1.33 bits per heavy atom. The van der Waals surface area contributed by atoms with Gasteiger partial charge in [0.05, 0.1) is 5.84 Å². The van der Waals surface area contributed by atoms with E-state index in [-0.39, 0.29) is 37.8 Å². The first-order chi connectivity index (χ1) is 3.46. The second-order valence-electron chi connectivity index (χ2n) is 1.59. The van der Waals surface area contributed by atoms with E-state index in [9.17, 15) is 4.79 Å². The van der Waals surface area contributed by atoms with Crippen LogP contribution in [0.15, 0.2) is 0 Å². The van der Waals surface area contributed by atoms with Crippen molar-refractivity contribution in [2.24, 2.45) is 5.73 Å². The average Bonchev–Trinajstić information content (AvgIpc) is 1.25. The molecule has 0 unspecified atom stereocenters.